The van der Waals surface area contributed by atoms with Gasteiger partial charge in [0.15, 0.2) is 35.6 Å². The van der Waals surface area contributed by atoms with Crippen molar-refractivity contribution < 1.29 is 56.9 Å². The largest absolute Gasteiger partial charge is 0.493 e. The van der Waals surface area contributed by atoms with E-state index in [1.807, 2.05) is 38.1 Å². The minimum absolute atomic E-state index is 0.104. The van der Waals surface area contributed by atoms with Crippen molar-refractivity contribution in [2.45, 2.75) is 62.9 Å². The lowest BCUT2D eigenvalue weighted by atomic mass is 9.66. The van der Waals surface area contributed by atoms with E-state index in [9.17, 15) is 4.79 Å². The van der Waals surface area contributed by atoms with E-state index in [1.54, 1.807) is 28.4 Å². The number of hydrogen-bond donors (Lipinski definition) is 0. The van der Waals surface area contributed by atoms with Crippen LogP contribution in [0.15, 0.2) is 24.3 Å². The quantitative estimate of drug-likeness (QED) is 0.426. The maximum Gasteiger partial charge on any atom is 0.310 e. The Labute approximate surface area is 255 Å². The highest BCUT2D eigenvalue weighted by Gasteiger charge is 2.56. The summed E-state index contributed by atoms with van der Waals surface area (Å²) >= 11 is 0. The molecular formula is C32H38O12. The van der Waals surface area contributed by atoms with E-state index in [4.69, 9.17) is 52.1 Å². The van der Waals surface area contributed by atoms with E-state index in [2.05, 4.69) is 0 Å². The predicted octanol–water partition coefficient (Wildman–Crippen LogP) is 3.25. The summed E-state index contributed by atoms with van der Waals surface area (Å²) in [5.41, 5.74) is 3.50. The Morgan fingerprint density at radius 1 is 0.841 bits per heavy atom. The Bertz CT molecular complexity index is 1410. The Hall–Kier alpha value is -3.13. The molecule has 10 atom stereocenters. The van der Waals surface area contributed by atoms with Crippen LogP contribution in [-0.2, 0) is 38.0 Å². The van der Waals surface area contributed by atoms with E-state index < -0.39 is 49.0 Å². The van der Waals surface area contributed by atoms with Crippen LogP contribution in [0.25, 0.3) is 0 Å². The Kier molecular flexibility index (Phi) is 7.84. The highest BCUT2D eigenvalue weighted by molar-refractivity contribution is 5.79. The van der Waals surface area contributed by atoms with Crippen LogP contribution >= 0.6 is 0 Å². The molecule has 12 nitrogen and oxygen atoms in total. The van der Waals surface area contributed by atoms with Crippen LogP contribution in [0.2, 0.25) is 0 Å². The molecule has 2 aromatic rings. The van der Waals surface area contributed by atoms with Gasteiger partial charge in [0.25, 0.3) is 0 Å². The average Bonchev–Trinajstić information content (AvgIpc) is 3.65. The first-order valence-corrected chi connectivity index (χ1v) is 14.8. The molecule has 4 heterocycles. The van der Waals surface area contributed by atoms with Gasteiger partial charge in [-0.05, 0) is 54.3 Å². The van der Waals surface area contributed by atoms with Crippen molar-refractivity contribution in [2.75, 3.05) is 48.4 Å². The van der Waals surface area contributed by atoms with Gasteiger partial charge >= 0.3 is 5.97 Å². The van der Waals surface area contributed by atoms with Gasteiger partial charge in [0.1, 0.15) is 24.4 Å². The van der Waals surface area contributed by atoms with Crippen LogP contribution < -0.4 is 18.9 Å². The van der Waals surface area contributed by atoms with Gasteiger partial charge in [0, 0.05) is 26.1 Å². The second-order valence-electron chi connectivity index (χ2n) is 11.7. The lowest BCUT2D eigenvalue weighted by Gasteiger charge is -2.49. The smallest absolute Gasteiger partial charge is 0.310 e. The SMILES string of the molecule is COc1cc([C@@H]2c3cc4c(cc3[C@@H](O[C@@H]3O[C@@H]5CO[C@@H](C)OC5[C@H](OC)[C@H]3OC)[C@H]3COC(=O)[C@H]23)OCO4)cc(C)c1OC. The molecule has 0 spiro atoms. The van der Waals surface area contributed by atoms with Crippen molar-refractivity contribution >= 4 is 5.97 Å². The number of rotatable bonds is 7. The highest BCUT2D eigenvalue weighted by atomic mass is 16.8. The second-order valence-corrected chi connectivity index (χ2v) is 11.7. The molecule has 2 aromatic carbocycles. The average molecular weight is 615 g/mol. The van der Waals surface area contributed by atoms with Gasteiger partial charge in [-0.1, -0.05) is 6.07 Å². The lowest BCUT2D eigenvalue weighted by Crippen LogP contribution is -2.64. The molecule has 0 N–H and O–H groups in total. The molecule has 1 aliphatic carbocycles. The predicted molar refractivity (Wildman–Crippen MR) is 151 cm³/mol. The van der Waals surface area contributed by atoms with Crippen molar-refractivity contribution in [1.82, 2.24) is 0 Å². The molecule has 0 bridgehead atoms. The fraction of sp³-hybridized carbons (Fsp3) is 0.594. The van der Waals surface area contributed by atoms with Crippen LogP contribution in [-0.4, -0.2) is 91.4 Å². The summed E-state index contributed by atoms with van der Waals surface area (Å²) in [6, 6.07) is 7.84. The molecule has 0 aromatic heterocycles. The molecule has 1 unspecified atom stereocenters. The third kappa shape index (κ3) is 4.70. The Balaban J connectivity index is 1.32. The highest BCUT2D eigenvalue weighted by Crippen LogP contribution is 2.56. The summed E-state index contributed by atoms with van der Waals surface area (Å²) in [5.74, 6) is 0.865. The Morgan fingerprint density at radius 3 is 2.30 bits per heavy atom. The monoisotopic (exact) mass is 614 g/mol. The number of hydrogen-bond acceptors (Lipinski definition) is 12. The molecule has 0 amide bonds. The molecule has 12 heteroatoms. The van der Waals surface area contributed by atoms with Gasteiger partial charge in [-0.3, -0.25) is 4.79 Å². The number of ether oxygens (including phenoxy) is 11. The zero-order valence-electron chi connectivity index (χ0n) is 25.6. The number of methoxy groups -OCH3 is 4. The number of fused-ring (bicyclic) bond motifs is 4. The number of esters is 1. The minimum atomic E-state index is -0.855. The van der Waals surface area contributed by atoms with Crippen LogP contribution in [0, 0.1) is 18.8 Å². The molecule has 3 fully saturated rings. The summed E-state index contributed by atoms with van der Waals surface area (Å²) in [7, 11) is 6.41. The third-order valence-electron chi connectivity index (χ3n) is 9.43. The maximum absolute atomic E-state index is 13.6. The van der Waals surface area contributed by atoms with E-state index in [0.717, 1.165) is 22.3 Å². The number of cyclic esters (lactones) is 1. The van der Waals surface area contributed by atoms with E-state index >= 15 is 0 Å². The van der Waals surface area contributed by atoms with E-state index in [0.29, 0.717) is 29.6 Å². The first-order chi connectivity index (χ1) is 21.4. The number of benzene rings is 2. The summed E-state index contributed by atoms with van der Waals surface area (Å²) in [4.78, 5) is 13.6. The van der Waals surface area contributed by atoms with Crippen molar-refractivity contribution in [2.24, 2.45) is 11.8 Å². The zero-order chi connectivity index (χ0) is 30.7. The first-order valence-electron chi connectivity index (χ1n) is 14.8. The third-order valence-corrected chi connectivity index (χ3v) is 9.43. The first kappa shape index (κ1) is 29.6. The zero-order valence-corrected chi connectivity index (χ0v) is 25.6. The standard InChI is InChI=1S/C32H38O12/c1-14-7-16(8-22(34-3)26(14)35-4)24-17-9-20-21(41-13-40-20)10-18(17)27(19-11-39-31(33)25(19)24)44-32-30(37-6)29(36-5)28-23(43-32)12-38-15(2)42-28/h7-10,15,19,23-25,27-30,32H,11-13H2,1-6H3/t15-,19+,23-,24-,25+,27-,28?,29+,30-,32+/m1/s1. The van der Waals surface area contributed by atoms with E-state index in [1.165, 1.54) is 0 Å². The maximum atomic E-state index is 13.6. The summed E-state index contributed by atoms with van der Waals surface area (Å²) in [6.45, 7) is 4.39. The molecule has 3 saturated heterocycles. The minimum Gasteiger partial charge on any atom is -0.493 e. The van der Waals surface area contributed by atoms with Gasteiger partial charge < -0.3 is 52.1 Å². The molecule has 7 rings (SSSR count). The lowest BCUT2D eigenvalue weighted by molar-refractivity contribution is -0.369. The van der Waals surface area contributed by atoms with Crippen molar-refractivity contribution in [3.63, 3.8) is 0 Å². The normalized spacial score (nSPS) is 35.4. The molecule has 4 aliphatic heterocycles. The number of aryl methyl sites for hydroxylation is 1. The van der Waals surface area contributed by atoms with Crippen LogP contribution in [0.4, 0.5) is 0 Å². The topological polar surface area (TPSA) is 119 Å². The second kappa shape index (κ2) is 11.7. The molecule has 5 aliphatic rings. The fourth-order valence-electron chi connectivity index (χ4n) is 7.49. The van der Waals surface area contributed by atoms with E-state index in [-0.39, 0.29) is 31.2 Å². The fourth-order valence-corrected chi connectivity index (χ4v) is 7.49. The summed E-state index contributed by atoms with van der Waals surface area (Å²) in [5, 5.41) is 0. The van der Waals surface area contributed by atoms with Gasteiger partial charge in [0.2, 0.25) is 6.79 Å². The molecular weight excluding hydrogens is 576 g/mol. The van der Waals surface area contributed by atoms with Gasteiger partial charge in [-0.2, -0.15) is 0 Å². The van der Waals surface area contributed by atoms with Crippen molar-refractivity contribution in [3.05, 3.63) is 46.5 Å². The number of carbonyl (C=O) groups excluding carboxylic acids is 1. The van der Waals surface area contributed by atoms with Crippen LogP contribution in [0.1, 0.15) is 41.2 Å². The molecule has 0 saturated carbocycles. The number of carbonyl (C=O) groups is 1. The van der Waals surface area contributed by atoms with Crippen molar-refractivity contribution in [1.29, 1.82) is 0 Å². The summed E-state index contributed by atoms with van der Waals surface area (Å²) < 4.78 is 65.5. The van der Waals surface area contributed by atoms with Gasteiger partial charge in [-0.15, -0.1) is 0 Å². The van der Waals surface area contributed by atoms with Crippen molar-refractivity contribution in [3.8, 4) is 23.0 Å². The molecule has 0 radical (unpaired) electrons. The van der Waals surface area contributed by atoms with Crippen LogP contribution in [0.5, 0.6) is 23.0 Å². The van der Waals surface area contributed by atoms with Gasteiger partial charge in [-0.25, -0.2) is 0 Å². The molecule has 44 heavy (non-hydrogen) atoms. The van der Waals surface area contributed by atoms with Gasteiger partial charge in [0.05, 0.1) is 39.5 Å². The Morgan fingerprint density at radius 2 is 1.59 bits per heavy atom. The summed E-state index contributed by atoms with van der Waals surface area (Å²) in [6.07, 6.45) is -3.79. The van der Waals surface area contributed by atoms with Crippen LogP contribution in [0.3, 0.4) is 0 Å². The molecule has 238 valence electrons.